The summed E-state index contributed by atoms with van der Waals surface area (Å²) < 4.78 is 6.00. The van der Waals surface area contributed by atoms with Crippen LogP contribution in [-0.2, 0) is 6.54 Å². The number of ether oxygens (including phenoxy) is 1. The van der Waals surface area contributed by atoms with Crippen molar-refractivity contribution < 1.29 is 4.74 Å². The number of anilines is 2. The van der Waals surface area contributed by atoms with Crippen LogP contribution in [0.2, 0.25) is 10.0 Å². The molecular formula is C17H18Cl2N2O. The maximum atomic E-state index is 6.31. The van der Waals surface area contributed by atoms with Crippen molar-refractivity contribution in [2.24, 2.45) is 0 Å². The Morgan fingerprint density at radius 2 is 1.95 bits per heavy atom. The summed E-state index contributed by atoms with van der Waals surface area (Å²) in [5, 5.41) is 1.36. The lowest BCUT2D eigenvalue weighted by Gasteiger charge is -2.36. The monoisotopic (exact) mass is 336 g/mol. The summed E-state index contributed by atoms with van der Waals surface area (Å²) in [7, 11) is 0. The highest BCUT2D eigenvalue weighted by Crippen LogP contribution is 2.38. The second-order valence-corrected chi connectivity index (χ2v) is 6.27. The van der Waals surface area contributed by atoms with Crippen LogP contribution < -0.4 is 15.4 Å². The van der Waals surface area contributed by atoms with E-state index >= 15 is 0 Å². The molecule has 0 fully saturated rings. The molecule has 5 heteroatoms. The van der Waals surface area contributed by atoms with Crippen LogP contribution >= 0.6 is 23.2 Å². The Labute approximate surface area is 140 Å². The Hall–Kier alpha value is -1.58. The second kappa shape index (κ2) is 6.27. The Balaban J connectivity index is 1.98. The minimum absolute atomic E-state index is 0.150. The first-order chi connectivity index (χ1) is 10.6. The van der Waals surface area contributed by atoms with Crippen molar-refractivity contribution in [1.82, 2.24) is 0 Å². The maximum Gasteiger partial charge on any atom is 0.143 e. The third-order valence-electron chi connectivity index (χ3n) is 3.91. The molecule has 3 rings (SSSR count). The molecule has 0 radical (unpaired) electrons. The SMILES string of the molecule is CCC1CN(Cc2c(Cl)cccc2Cl)c2cc(N)ccc2O1. The molecule has 0 spiro atoms. The van der Waals surface area contributed by atoms with Gasteiger partial charge in [0.15, 0.2) is 0 Å². The minimum atomic E-state index is 0.150. The van der Waals surface area contributed by atoms with E-state index in [0.29, 0.717) is 22.3 Å². The zero-order valence-corrected chi connectivity index (χ0v) is 13.9. The predicted octanol–water partition coefficient (Wildman–Crippen LogP) is 4.75. The van der Waals surface area contributed by atoms with Crippen molar-refractivity contribution >= 4 is 34.6 Å². The van der Waals surface area contributed by atoms with Crippen LogP contribution in [0.25, 0.3) is 0 Å². The molecule has 1 unspecified atom stereocenters. The van der Waals surface area contributed by atoms with Crippen molar-refractivity contribution in [2.45, 2.75) is 26.0 Å². The van der Waals surface area contributed by atoms with E-state index in [1.165, 1.54) is 0 Å². The van der Waals surface area contributed by atoms with Crippen molar-refractivity contribution in [2.75, 3.05) is 17.2 Å². The van der Waals surface area contributed by atoms with Gasteiger partial charge in [-0.05, 0) is 36.8 Å². The number of hydrogen-bond acceptors (Lipinski definition) is 3. The average molecular weight is 337 g/mol. The molecule has 1 atom stereocenters. The number of benzene rings is 2. The standard InChI is InChI=1S/C17H18Cl2N2O/c1-2-12-9-21(10-13-14(18)4-3-5-15(13)19)16-8-11(20)6-7-17(16)22-12/h3-8,12H,2,9-10,20H2,1H3. The van der Waals surface area contributed by atoms with Gasteiger partial charge < -0.3 is 15.4 Å². The van der Waals surface area contributed by atoms with Gasteiger partial charge in [-0.15, -0.1) is 0 Å². The molecular weight excluding hydrogens is 319 g/mol. The summed E-state index contributed by atoms with van der Waals surface area (Å²) in [6.45, 7) is 3.54. The lowest BCUT2D eigenvalue weighted by molar-refractivity contribution is 0.189. The number of halogens is 2. The van der Waals surface area contributed by atoms with Crippen molar-refractivity contribution in [3.63, 3.8) is 0 Å². The number of fused-ring (bicyclic) bond motifs is 1. The molecule has 1 aliphatic rings. The Morgan fingerprint density at radius 1 is 1.23 bits per heavy atom. The van der Waals surface area contributed by atoms with Crippen LogP contribution in [-0.4, -0.2) is 12.6 Å². The molecule has 1 aliphatic heterocycles. The van der Waals surface area contributed by atoms with Gasteiger partial charge in [0, 0.05) is 27.8 Å². The summed E-state index contributed by atoms with van der Waals surface area (Å²) in [4.78, 5) is 2.23. The van der Waals surface area contributed by atoms with E-state index in [-0.39, 0.29) is 6.10 Å². The molecule has 116 valence electrons. The molecule has 0 bridgehead atoms. The predicted molar refractivity (Wildman–Crippen MR) is 93.1 cm³/mol. The molecule has 0 amide bonds. The summed E-state index contributed by atoms with van der Waals surface area (Å²) >= 11 is 12.6. The highest BCUT2D eigenvalue weighted by atomic mass is 35.5. The molecule has 2 N–H and O–H groups in total. The Kier molecular flexibility index (Phi) is 4.37. The summed E-state index contributed by atoms with van der Waals surface area (Å²) in [5.74, 6) is 0.857. The van der Waals surface area contributed by atoms with Gasteiger partial charge in [-0.25, -0.2) is 0 Å². The van der Waals surface area contributed by atoms with Gasteiger partial charge in [0.1, 0.15) is 11.9 Å². The number of nitrogens with zero attached hydrogens (tertiary/aromatic N) is 1. The average Bonchev–Trinajstić information content (AvgIpc) is 2.51. The molecule has 0 saturated heterocycles. The van der Waals surface area contributed by atoms with Crippen LogP contribution in [0.1, 0.15) is 18.9 Å². The quantitative estimate of drug-likeness (QED) is 0.821. The van der Waals surface area contributed by atoms with Gasteiger partial charge in [-0.1, -0.05) is 36.2 Å². The van der Waals surface area contributed by atoms with E-state index in [1.807, 2.05) is 36.4 Å². The zero-order chi connectivity index (χ0) is 15.7. The number of nitrogen functional groups attached to an aromatic ring is 1. The Morgan fingerprint density at radius 3 is 2.64 bits per heavy atom. The Bertz CT molecular complexity index is 670. The first-order valence-electron chi connectivity index (χ1n) is 7.32. The number of nitrogens with two attached hydrogens (primary N) is 1. The van der Waals surface area contributed by atoms with Gasteiger partial charge in [0.2, 0.25) is 0 Å². The fourth-order valence-corrected chi connectivity index (χ4v) is 3.20. The summed E-state index contributed by atoms with van der Waals surface area (Å²) in [6.07, 6.45) is 1.09. The maximum absolute atomic E-state index is 6.31. The summed E-state index contributed by atoms with van der Waals surface area (Å²) in [6, 6.07) is 11.3. The van der Waals surface area contributed by atoms with Crippen molar-refractivity contribution in [3.05, 3.63) is 52.0 Å². The molecule has 1 heterocycles. The van der Waals surface area contributed by atoms with E-state index in [0.717, 1.165) is 30.0 Å². The molecule has 3 nitrogen and oxygen atoms in total. The van der Waals surface area contributed by atoms with E-state index < -0.39 is 0 Å². The van der Waals surface area contributed by atoms with Crippen LogP contribution in [0.3, 0.4) is 0 Å². The van der Waals surface area contributed by atoms with E-state index in [9.17, 15) is 0 Å². The van der Waals surface area contributed by atoms with Crippen LogP contribution in [0, 0.1) is 0 Å². The molecule has 2 aromatic rings. The molecule has 22 heavy (non-hydrogen) atoms. The fraction of sp³-hybridized carbons (Fsp3) is 0.294. The number of hydrogen-bond donors (Lipinski definition) is 1. The van der Waals surface area contributed by atoms with Crippen molar-refractivity contribution in [1.29, 1.82) is 0 Å². The molecule has 0 aromatic heterocycles. The van der Waals surface area contributed by atoms with Gasteiger partial charge in [0.25, 0.3) is 0 Å². The van der Waals surface area contributed by atoms with E-state index in [1.54, 1.807) is 0 Å². The largest absolute Gasteiger partial charge is 0.486 e. The van der Waals surface area contributed by atoms with Crippen LogP contribution in [0.15, 0.2) is 36.4 Å². The highest BCUT2D eigenvalue weighted by molar-refractivity contribution is 6.36. The van der Waals surface area contributed by atoms with Crippen LogP contribution in [0.4, 0.5) is 11.4 Å². The fourth-order valence-electron chi connectivity index (χ4n) is 2.68. The molecule has 0 saturated carbocycles. The third-order valence-corrected chi connectivity index (χ3v) is 4.62. The lowest BCUT2D eigenvalue weighted by Crippen LogP contribution is -2.39. The lowest BCUT2D eigenvalue weighted by atomic mass is 10.1. The minimum Gasteiger partial charge on any atom is -0.486 e. The molecule has 2 aromatic carbocycles. The number of rotatable bonds is 3. The molecule has 0 aliphatic carbocycles. The second-order valence-electron chi connectivity index (χ2n) is 5.46. The van der Waals surface area contributed by atoms with Gasteiger partial charge in [-0.2, -0.15) is 0 Å². The van der Waals surface area contributed by atoms with Gasteiger partial charge in [0.05, 0.1) is 12.2 Å². The van der Waals surface area contributed by atoms with Gasteiger partial charge >= 0.3 is 0 Å². The first-order valence-corrected chi connectivity index (χ1v) is 8.08. The third kappa shape index (κ3) is 2.96. The van der Waals surface area contributed by atoms with Crippen molar-refractivity contribution in [3.8, 4) is 5.75 Å². The van der Waals surface area contributed by atoms with E-state index in [4.69, 9.17) is 33.7 Å². The van der Waals surface area contributed by atoms with Crippen LogP contribution in [0.5, 0.6) is 5.75 Å². The smallest absolute Gasteiger partial charge is 0.143 e. The highest BCUT2D eigenvalue weighted by Gasteiger charge is 2.25. The topological polar surface area (TPSA) is 38.5 Å². The zero-order valence-electron chi connectivity index (χ0n) is 12.4. The summed E-state index contributed by atoms with van der Waals surface area (Å²) in [5.41, 5.74) is 8.56. The first kappa shape index (κ1) is 15.3. The van der Waals surface area contributed by atoms with Gasteiger partial charge in [-0.3, -0.25) is 0 Å². The van der Waals surface area contributed by atoms with E-state index in [2.05, 4.69) is 11.8 Å². The normalized spacial score (nSPS) is 17.0.